The third-order valence-electron chi connectivity index (χ3n) is 5.32. The molecule has 0 fully saturated rings. The van der Waals surface area contributed by atoms with Crippen LogP contribution in [0.4, 0.5) is 13.2 Å². The quantitative estimate of drug-likeness (QED) is 0.306. The van der Waals surface area contributed by atoms with Gasteiger partial charge in [-0.3, -0.25) is 0 Å². The second-order valence-corrected chi connectivity index (χ2v) is 9.44. The van der Waals surface area contributed by atoms with E-state index < -0.39 is 35.3 Å². The summed E-state index contributed by atoms with van der Waals surface area (Å²) in [6, 6.07) is 8.93. The molecule has 2 aromatic carbocycles. The van der Waals surface area contributed by atoms with Gasteiger partial charge in [0.25, 0.3) is 0 Å². The molecule has 0 saturated carbocycles. The van der Waals surface area contributed by atoms with Crippen molar-refractivity contribution in [2.24, 2.45) is 11.1 Å². The largest absolute Gasteiger partial charge is 0.496 e. The van der Waals surface area contributed by atoms with Gasteiger partial charge < -0.3 is 20.7 Å². The number of nitrogens with two attached hydrogens (primary N) is 1. The van der Waals surface area contributed by atoms with E-state index >= 15 is 0 Å². The van der Waals surface area contributed by atoms with Crippen LogP contribution in [0.2, 0.25) is 0 Å². The number of ether oxygens (including phenoxy) is 1. The molecule has 180 valence electrons. The number of methoxy groups -OCH3 is 1. The summed E-state index contributed by atoms with van der Waals surface area (Å²) in [5.41, 5.74) is 5.62. The molecule has 0 spiro atoms. The zero-order chi connectivity index (χ0) is 25.0. The average molecular weight is 504 g/mol. The summed E-state index contributed by atoms with van der Waals surface area (Å²) in [5.74, 6) is -0.364. The van der Waals surface area contributed by atoms with E-state index in [-0.39, 0.29) is 5.03 Å². The van der Waals surface area contributed by atoms with Crippen molar-refractivity contribution in [2.75, 3.05) is 12.9 Å². The Morgan fingerprint density at radius 2 is 1.82 bits per heavy atom. The summed E-state index contributed by atoms with van der Waals surface area (Å²) in [5, 5.41) is 19.4. The first-order valence-corrected chi connectivity index (χ1v) is 11.2. The zero-order valence-corrected chi connectivity index (χ0v) is 19.8. The molecule has 0 amide bonds. The Bertz CT molecular complexity index is 1010. The van der Waals surface area contributed by atoms with Gasteiger partial charge >= 0.3 is 12.1 Å². The minimum atomic E-state index is -4.45. The molecule has 2 unspecified atom stereocenters. The highest BCUT2D eigenvalue weighted by molar-refractivity contribution is 7.99. The summed E-state index contributed by atoms with van der Waals surface area (Å²) in [6.07, 6.45) is -4.23. The second-order valence-electron chi connectivity index (χ2n) is 7.97. The van der Waals surface area contributed by atoms with E-state index in [9.17, 15) is 23.1 Å². The number of halogens is 4. The van der Waals surface area contributed by atoms with Crippen LogP contribution < -0.4 is 10.5 Å². The minimum absolute atomic E-state index is 0.335. The van der Waals surface area contributed by atoms with Gasteiger partial charge in [-0.15, -0.1) is 11.8 Å². The standard InChI is InChI=1S/C23H25ClF3NO4S/c1-22(2,20(29)14-5-7-15(8-6-14)23(25,26)27)19(28)12-33-18-9-4-13(11-17(18)32-3)10-16(24)21(30)31/h4-11,19-20,29H,12,28H2,1-3H3,(H,30,31)/b16-10-. The molecule has 0 saturated heterocycles. The molecule has 2 atom stereocenters. The van der Waals surface area contributed by atoms with Crippen molar-refractivity contribution in [3.63, 3.8) is 0 Å². The van der Waals surface area contributed by atoms with E-state index in [0.29, 0.717) is 22.6 Å². The van der Waals surface area contributed by atoms with Crippen LogP contribution in [0.3, 0.4) is 0 Å². The fourth-order valence-electron chi connectivity index (χ4n) is 2.98. The number of aliphatic hydroxyl groups is 1. The first kappa shape index (κ1) is 27.0. The molecule has 0 aliphatic carbocycles. The summed E-state index contributed by atoms with van der Waals surface area (Å²) < 4.78 is 43.8. The van der Waals surface area contributed by atoms with Gasteiger partial charge in [-0.25, -0.2) is 4.79 Å². The second kappa shape index (κ2) is 10.8. The number of carboxylic acid groups (broad SMARTS) is 1. The van der Waals surface area contributed by atoms with E-state index in [4.69, 9.17) is 27.2 Å². The number of aliphatic hydroxyl groups excluding tert-OH is 1. The van der Waals surface area contributed by atoms with E-state index in [1.807, 2.05) is 0 Å². The van der Waals surface area contributed by atoms with Gasteiger partial charge in [-0.2, -0.15) is 13.2 Å². The van der Waals surface area contributed by atoms with Crippen LogP contribution in [0.5, 0.6) is 5.75 Å². The Morgan fingerprint density at radius 3 is 2.33 bits per heavy atom. The Morgan fingerprint density at radius 1 is 1.21 bits per heavy atom. The Kier molecular flexibility index (Phi) is 8.87. The fourth-order valence-corrected chi connectivity index (χ4v) is 4.35. The van der Waals surface area contributed by atoms with Gasteiger partial charge in [0, 0.05) is 22.1 Å². The lowest BCUT2D eigenvalue weighted by Gasteiger charge is -2.36. The first-order valence-electron chi connectivity index (χ1n) is 9.79. The van der Waals surface area contributed by atoms with Crippen molar-refractivity contribution in [1.29, 1.82) is 0 Å². The maximum atomic E-state index is 12.8. The zero-order valence-electron chi connectivity index (χ0n) is 18.2. The summed E-state index contributed by atoms with van der Waals surface area (Å²) in [4.78, 5) is 11.6. The van der Waals surface area contributed by atoms with E-state index in [1.165, 1.54) is 37.1 Å². The molecule has 0 aromatic heterocycles. The van der Waals surface area contributed by atoms with E-state index in [1.54, 1.807) is 32.0 Å². The molecule has 0 bridgehead atoms. The maximum Gasteiger partial charge on any atom is 0.416 e. The number of aliphatic carboxylic acids is 1. The molecule has 2 rings (SSSR count). The van der Waals surface area contributed by atoms with Crippen LogP contribution in [-0.2, 0) is 11.0 Å². The summed E-state index contributed by atoms with van der Waals surface area (Å²) >= 11 is 7.05. The Hall–Kier alpha value is -2.20. The minimum Gasteiger partial charge on any atom is -0.496 e. The van der Waals surface area contributed by atoms with Crippen LogP contribution in [0.15, 0.2) is 52.4 Å². The van der Waals surface area contributed by atoms with Crippen molar-refractivity contribution in [1.82, 2.24) is 0 Å². The predicted molar refractivity (Wildman–Crippen MR) is 123 cm³/mol. The SMILES string of the molecule is COc1cc(/C=C(\Cl)C(=O)O)ccc1SCC(N)C(C)(C)C(O)c1ccc(C(F)(F)F)cc1. The molecule has 4 N–H and O–H groups in total. The molecule has 33 heavy (non-hydrogen) atoms. The van der Waals surface area contributed by atoms with Crippen molar-refractivity contribution < 1.29 is 32.9 Å². The number of rotatable bonds is 9. The molecule has 0 radical (unpaired) electrons. The van der Waals surface area contributed by atoms with Gasteiger partial charge in [0.05, 0.1) is 18.8 Å². The van der Waals surface area contributed by atoms with Gasteiger partial charge in [0.15, 0.2) is 0 Å². The number of hydrogen-bond donors (Lipinski definition) is 3. The lowest BCUT2D eigenvalue weighted by atomic mass is 9.77. The fraction of sp³-hybridized carbons (Fsp3) is 0.348. The smallest absolute Gasteiger partial charge is 0.416 e. The molecular formula is C23H25ClF3NO4S. The van der Waals surface area contributed by atoms with Gasteiger partial charge in [-0.1, -0.05) is 43.6 Å². The number of thioether (sulfide) groups is 1. The van der Waals surface area contributed by atoms with Crippen LogP contribution >= 0.6 is 23.4 Å². The van der Waals surface area contributed by atoms with Crippen molar-refractivity contribution >= 4 is 35.4 Å². The van der Waals surface area contributed by atoms with Crippen LogP contribution in [0.25, 0.3) is 6.08 Å². The Balaban J connectivity index is 2.13. The van der Waals surface area contributed by atoms with Crippen LogP contribution in [0.1, 0.15) is 36.6 Å². The lowest BCUT2D eigenvalue weighted by molar-refractivity contribution is -0.137. The maximum absolute atomic E-state index is 12.8. The number of benzene rings is 2. The average Bonchev–Trinajstić information content (AvgIpc) is 2.76. The highest BCUT2D eigenvalue weighted by Crippen LogP contribution is 2.40. The number of hydrogen-bond acceptors (Lipinski definition) is 5. The third kappa shape index (κ3) is 6.89. The molecule has 0 heterocycles. The normalized spacial score (nSPS) is 14.6. The first-order chi connectivity index (χ1) is 15.3. The molecule has 0 aliphatic heterocycles. The highest BCUT2D eigenvalue weighted by atomic mass is 35.5. The predicted octanol–water partition coefficient (Wildman–Crippen LogP) is 5.56. The lowest BCUT2D eigenvalue weighted by Crippen LogP contribution is -2.43. The van der Waals surface area contributed by atoms with Crippen LogP contribution in [0, 0.1) is 5.41 Å². The highest BCUT2D eigenvalue weighted by Gasteiger charge is 2.36. The summed E-state index contributed by atoms with van der Waals surface area (Å²) in [6.45, 7) is 3.50. The van der Waals surface area contributed by atoms with E-state index in [0.717, 1.165) is 17.0 Å². The van der Waals surface area contributed by atoms with Crippen molar-refractivity contribution in [3.05, 3.63) is 64.2 Å². The van der Waals surface area contributed by atoms with Gasteiger partial charge in [-0.05, 0) is 41.5 Å². The van der Waals surface area contributed by atoms with Crippen LogP contribution in [-0.4, -0.2) is 35.1 Å². The van der Waals surface area contributed by atoms with Crippen molar-refractivity contribution in [3.8, 4) is 5.75 Å². The molecule has 5 nitrogen and oxygen atoms in total. The monoisotopic (exact) mass is 503 g/mol. The molecule has 2 aromatic rings. The third-order valence-corrected chi connectivity index (χ3v) is 6.76. The number of alkyl halides is 3. The number of carboxylic acids is 1. The van der Waals surface area contributed by atoms with Crippen molar-refractivity contribution in [2.45, 2.75) is 37.1 Å². The molecular weight excluding hydrogens is 479 g/mol. The molecule has 10 heteroatoms. The molecule has 0 aliphatic rings. The summed E-state index contributed by atoms with van der Waals surface area (Å²) in [7, 11) is 1.48. The topological polar surface area (TPSA) is 92.8 Å². The van der Waals surface area contributed by atoms with E-state index in [2.05, 4.69) is 0 Å². The van der Waals surface area contributed by atoms with Gasteiger partial charge in [0.2, 0.25) is 0 Å². The Labute approximate surface area is 199 Å². The van der Waals surface area contributed by atoms with Gasteiger partial charge in [0.1, 0.15) is 10.8 Å². The number of carbonyl (C=O) groups is 1.